The Balaban J connectivity index is 1.95. The number of carbonyl (C=O) groups is 1. The molecule has 3 heteroatoms. The van der Waals surface area contributed by atoms with Crippen molar-refractivity contribution in [2.75, 3.05) is 0 Å². The molecule has 1 N–H and O–H groups in total. The van der Waals surface area contributed by atoms with Gasteiger partial charge in [-0.25, -0.2) is 0 Å². The lowest BCUT2D eigenvalue weighted by Gasteiger charge is -2.07. The maximum atomic E-state index is 11.2. The first-order chi connectivity index (χ1) is 7.84. The Kier molecular flexibility index (Phi) is 3.38. The van der Waals surface area contributed by atoms with Crippen LogP contribution in [0.25, 0.3) is 0 Å². The summed E-state index contributed by atoms with van der Waals surface area (Å²) in [5.41, 5.74) is 1.09. The average Bonchev–Trinajstić information content (AvgIpc) is 2.52. The summed E-state index contributed by atoms with van der Waals surface area (Å²) >= 11 is 0. The summed E-state index contributed by atoms with van der Waals surface area (Å²) in [6.07, 6.45) is 5.63. The van der Waals surface area contributed by atoms with Gasteiger partial charge in [0.2, 0.25) is 0 Å². The number of hydrogen-bond donors (Lipinski definition) is 1. The quantitative estimate of drug-likeness (QED) is 0.838. The molecule has 0 unspecified atom stereocenters. The topological polar surface area (TPSA) is 38.3 Å². The monoisotopic (exact) mass is 215 g/mol. The molecule has 1 heterocycles. The van der Waals surface area contributed by atoms with E-state index in [1.165, 1.54) is 6.08 Å². The van der Waals surface area contributed by atoms with Crippen molar-refractivity contribution in [1.82, 2.24) is 5.32 Å². The summed E-state index contributed by atoms with van der Waals surface area (Å²) in [4.78, 5) is 11.2. The van der Waals surface area contributed by atoms with Gasteiger partial charge in [0.05, 0.1) is 0 Å². The van der Waals surface area contributed by atoms with Gasteiger partial charge in [-0.3, -0.25) is 4.79 Å². The maximum absolute atomic E-state index is 11.2. The van der Waals surface area contributed by atoms with Crippen LogP contribution in [0.5, 0.6) is 0 Å². The van der Waals surface area contributed by atoms with E-state index in [1.54, 1.807) is 6.20 Å². The number of ether oxygens (including phenoxy) is 1. The zero-order valence-corrected chi connectivity index (χ0v) is 8.85. The first-order valence-corrected chi connectivity index (χ1v) is 5.17. The Morgan fingerprint density at radius 3 is 2.88 bits per heavy atom. The van der Waals surface area contributed by atoms with Gasteiger partial charge in [-0.1, -0.05) is 36.4 Å². The fraction of sp³-hybridized carbons (Fsp3) is 0.154. The molecule has 1 aromatic carbocycles. The van der Waals surface area contributed by atoms with Crippen molar-refractivity contribution in [2.45, 2.75) is 13.0 Å². The van der Waals surface area contributed by atoms with E-state index in [2.05, 4.69) is 5.32 Å². The molecule has 1 aromatic rings. The van der Waals surface area contributed by atoms with Crippen molar-refractivity contribution in [1.29, 1.82) is 0 Å². The molecule has 1 aliphatic heterocycles. The molecule has 0 bridgehead atoms. The Labute approximate surface area is 94.4 Å². The number of amides is 1. The van der Waals surface area contributed by atoms with Gasteiger partial charge in [-0.15, -0.1) is 0 Å². The molecular formula is C13H13NO2. The van der Waals surface area contributed by atoms with E-state index in [-0.39, 0.29) is 5.91 Å². The summed E-state index contributed by atoms with van der Waals surface area (Å²) in [6, 6.07) is 9.88. The highest BCUT2D eigenvalue weighted by Crippen LogP contribution is 2.10. The van der Waals surface area contributed by atoms with Crippen LogP contribution in [0.1, 0.15) is 12.0 Å². The Morgan fingerprint density at radius 2 is 2.06 bits per heavy atom. The first kappa shape index (κ1) is 10.5. The molecule has 2 rings (SSSR count). The van der Waals surface area contributed by atoms with E-state index in [4.69, 9.17) is 4.74 Å². The molecule has 82 valence electrons. The molecule has 3 nitrogen and oxygen atoms in total. The highest BCUT2D eigenvalue weighted by molar-refractivity contribution is 5.89. The highest BCUT2D eigenvalue weighted by atomic mass is 16.5. The van der Waals surface area contributed by atoms with Crippen molar-refractivity contribution >= 4 is 5.91 Å². The van der Waals surface area contributed by atoms with Crippen molar-refractivity contribution in [3.63, 3.8) is 0 Å². The third kappa shape index (κ3) is 2.98. The van der Waals surface area contributed by atoms with Crippen molar-refractivity contribution in [2.24, 2.45) is 0 Å². The van der Waals surface area contributed by atoms with E-state index >= 15 is 0 Å². The third-order valence-electron chi connectivity index (χ3n) is 2.22. The first-order valence-electron chi connectivity index (χ1n) is 5.17. The van der Waals surface area contributed by atoms with E-state index in [9.17, 15) is 4.79 Å². The Hall–Kier alpha value is -2.03. The molecule has 0 saturated heterocycles. The lowest BCUT2D eigenvalue weighted by atomic mass is 10.2. The van der Waals surface area contributed by atoms with E-state index in [1.807, 2.05) is 36.4 Å². The molecule has 0 saturated carbocycles. The Bertz CT molecular complexity index is 421. The number of allylic oxidation sites excluding steroid dienone is 1. The lowest BCUT2D eigenvalue weighted by molar-refractivity contribution is -0.115. The van der Waals surface area contributed by atoms with E-state index in [0.29, 0.717) is 18.8 Å². The minimum atomic E-state index is -0.142. The third-order valence-corrected chi connectivity index (χ3v) is 2.22. The summed E-state index contributed by atoms with van der Waals surface area (Å²) < 4.78 is 5.57. The number of hydrogen-bond acceptors (Lipinski definition) is 2. The molecule has 0 aromatic heterocycles. The predicted molar refractivity (Wildman–Crippen MR) is 61.2 cm³/mol. The number of rotatable bonds is 3. The van der Waals surface area contributed by atoms with E-state index < -0.39 is 0 Å². The van der Waals surface area contributed by atoms with Crippen molar-refractivity contribution < 1.29 is 9.53 Å². The molecule has 0 fully saturated rings. The molecule has 16 heavy (non-hydrogen) atoms. The molecule has 0 spiro atoms. The van der Waals surface area contributed by atoms with Crippen LogP contribution in [0.4, 0.5) is 0 Å². The van der Waals surface area contributed by atoms with Crippen LogP contribution >= 0.6 is 0 Å². The minimum absolute atomic E-state index is 0.142. The normalized spacial score (nSPS) is 15.0. The summed E-state index contributed by atoms with van der Waals surface area (Å²) in [5, 5.41) is 2.60. The molecular weight excluding hydrogens is 202 g/mol. The van der Waals surface area contributed by atoms with E-state index in [0.717, 1.165) is 5.56 Å². The molecule has 0 radical (unpaired) electrons. The molecule has 1 amide bonds. The fourth-order valence-electron chi connectivity index (χ4n) is 1.41. The summed E-state index contributed by atoms with van der Waals surface area (Å²) in [6.45, 7) is 0.494. The van der Waals surface area contributed by atoms with Crippen LogP contribution in [0.2, 0.25) is 0 Å². The van der Waals surface area contributed by atoms with Crippen molar-refractivity contribution in [3.8, 4) is 0 Å². The number of benzene rings is 1. The van der Waals surface area contributed by atoms with Crippen LogP contribution in [0.3, 0.4) is 0 Å². The second kappa shape index (κ2) is 5.16. The van der Waals surface area contributed by atoms with Gasteiger partial charge in [-0.05, 0) is 5.56 Å². The summed E-state index contributed by atoms with van der Waals surface area (Å²) in [7, 11) is 0. The largest absolute Gasteiger partial charge is 0.493 e. The maximum Gasteiger partial charge on any atom is 0.251 e. The average molecular weight is 215 g/mol. The van der Waals surface area contributed by atoms with Gasteiger partial charge in [0.1, 0.15) is 12.4 Å². The van der Waals surface area contributed by atoms with Crippen molar-refractivity contribution in [3.05, 3.63) is 60.0 Å². The van der Waals surface area contributed by atoms with Crippen LogP contribution in [-0.4, -0.2) is 5.91 Å². The van der Waals surface area contributed by atoms with Gasteiger partial charge in [0.15, 0.2) is 0 Å². The van der Waals surface area contributed by atoms with Crippen LogP contribution < -0.4 is 5.32 Å². The zero-order valence-electron chi connectivity index (χ0n) is 8.85. The van der Waals surface area contributed by atoms with Gasteiger partial charge in [-0.2, -0.15) is 0 Å². The predicted octanol–water partition coefficient (Wildman–Crippen LogP) is 2.12. The number of nitrogens with one attached hydrogen (secondary N) is 1. The molecule has 1 aliphatic rings. The van der Waals surface area contributed by atoms with Gasteiger partial charge in [0, 0.05) is 18.7 Å². The van der Waals surface area contributed by atoms with Gasteiger partial charge >= 0.3 is 0 Å². The van der Waals surface area contributed by atoms with Crippen LogP contribution in [0.15, 0.2) is 54.4 Å². The zero-order chi connectivity index (χ0) is 11.2. The molecule has 0 atom stereocenters. The highest BCUT2D eigenvalue weighted by Gasteiger charge is 2.04. The second-order valence-corrected chi connectivity index (χ2v) is 3.50. The standard InChI is InChI=1S/C13H13NO2/c15-13-9-12(7-4-8-14-13)16-10-11-5-2-1-3-6-11/h1-6,8-9H,7,10H2,(H,14,15). The smallest absolute Gasteiger partial charge is 0.251 e. The van der Waals surface area contributed by atoms with Gasteiger partial charge in [0.25, 0.3) is 5.91 Å². The molecule has 0 aliphatic carbocycles. The minimum Gasteiger partial charge on any atom is -0.493 e. The van der Waals surface area contributed by atoms with Gasteiger partial charge < -0.3 is 10.1 Å². The second-order valence-electron chi connectivity index (χ2n) is 3.50. The fourth-order valence-corrected chi connectivity index (χ4v) is 1.41. The summed E-state index contributed by atoms with van der Waals surface area (Å²) in [5.74, 6) is 0.548. The lowest BCUT2D eigenvalue weighted by Crippen LogP contribution is -2.12. The van der Waals surface area contributed by atoms with Crippen LogP contribution in [0, 0.1) is 0 Å². The van der Waals surface area contributed by atoms with Crippen LogP contribution in [-0.2, 0) is 16.1 Å². The SMILES string of the molecule is O=C1C=C(OCc2ccccc2)CC=CN1. The Morgan fingerprint density at radius 1 is 1.25 bits per heavy atom. The number of carbonyl (C=O) groups excluding carboxylic acids is 1.